The molecule has 0 bridgehead atoms. The minimum atomic E-state index is -0.573. The standard InChI is InChI=1S/C24H20BrNO3/c25-21-13-7-8-18(16-21)14-15-23(28)29-17-22(27)26-24(19-9-3-1-4-10-19)20-11-5-2-6-12-20/h1-16,24H,17H2,(H,26,27)/b15-14+. The molecule has 0 aliphatic rings. The van der Waals surface area contributed by atoms with Crippen molar-refractivity contribution in [3.8, 4) is 0 Å². The molecule has 0 saturated carbocycles. The van der Waals surface area contributed by atoms with Gasteiger partial charge in [0.25, 0.3) is 5.91 Å². The third-order valence-corrected chi connectivity index (χ3v) is 4.67. The molecule has 3 aromatic carbocycles. The SMILES string of the molecule is O=C(COC(=O)/C=C/c1cccc(Br)c1)NC(c1ccccc1)c1ccccc1. The van der Waals surface area contributed by atoms with E-state index in [2.05, 4.69) is 21.2 Å². The van der Waals surface area contributed by atoms with E-state index in [1.165, 1.54) is 6.08 Å². The Hall–Kier alpha value is -3.18. The van der Waals surface area contributed by atoms with Crippen LogP contribution in [0.5, 0.6) is 0 Å². The van der Waals surface area contributed by atoms with E-state index in [1.54, 1.807) is 6.08 Å². The van der Waals surface area contributed by atoms with Gasteiger partial charge >= 0.3 is 5.97 Å². The molecule has 4 nitrogen and oxygen atoms in total. The fourth-order valence-electron chi connectivity index (χ4n) is 2.81. The van der Waals surface area contributed by atoms with Crippen molar-refractivity contribution in [3.63, 3.8) is 0 Å². The third kappa shape index (κ3) is 6.43. The van der Waals surface area contributed by atoms with E-state index in [0.717, 1.165) is 21.2 Å². The van der Waals surface area contributed by atoms with Gasteiger partial charge in [0.2, 0.25) is 0 Å². The molecular formula is C24H20BrNO3. The van der Waals surface area contributed by atoms with Gasteiger partial charge in [-0.1, -0.05) is 88.7 Å². The first-order valence-electron chi connectivity index (χ1n) is 9.11. The molecule has 0 radical (unpaired) electrons. The Balaban J connectivity index is 1.59. The molecule has 0 aromatic heterocycles. The summed E-state index contributed by atoms with van der Waals surface area (Å²) < 4.78 is 6.00. The quantitative estimate of drug-likeness (QED) is 0.411. The first-order chi connectivity index (χ1) is 14.1. The number of rotatable bonds is 7. The zero-order valence-electron chi connectivity index (χ0n) is 15.6. The molecule has 3 rings (SSSR count). The molecule has 29 heavy (non-hydrogen) atoms. The summed E-state index contributed by atoms with van der Waals surface area (Å²) in [6.45, 7) is -0.349. The third-order valence-electron chi connectivity index (χ3n) is 4.18. The molecule has 5 heteroatoms. The maximum absolute atomic E-state index is 12.4. The second-order valence-electron chi connectivity index (χ2n) is 6.32. The second kappa shape index (κ2) is 10.4. The summed E-state index contributed by atoms with van der Waals surface area (Å²) in [5, 5.41) is 2.94. The van der Waals surface area contributed by atoms with Crippen LogP contribution in [-0.4, -0.2) is 18.5 Å². The van der Waals surface area contributed by atoms with Crippen molar-refractivity contribution >= 4 is 33.9 Å². The summed E-state index contributed by atoms with van der Waals surface area (Å²) in [5.74, 6) is -0.942. The number of amides is 1. The van der Waals surface area contributed by atoms with Crippen LogP contribution < -0.4 is 5.32 Å². The highest BCUT2D eigenvalue weighted by atomic mass is 79.9. The number of esters is 1. The van der Waals surface area contributed by atoms with Gasteiger partial charge in [-0.15, -0.1) is 0 Å². The highest BCUT2D eigenvalue weighted by molar-refractivity contribution is 9.10. The topological polar surface area (TPSA) is 55.4 Å². The predicted molar refractivity (Wildman–Crippen MR) is 117 cm³/mol. The van der Waals surface area contributed by atoms with Crippen LogP contribution in [0.15, 0.2) is 95.5 Å². The average Bonchev–Trinajstić information content (AvgIpc) is 2.76. The Labute approximate surface area is 178 Å². The zero-order chi connectivity index (χ0) is 20.5. The molecule has 0 aliphatic carbocycles. The van der Waals surface area contributed by atoms with Crippen LogP contribution in [-0.2, 0) is 14.3 Å². The first-order valence-corrected chi connectivity index (χ1v) is 9.91. The van der Waals surface area contributed by atoms with E-state index < -0.39 is 5.97 Å². The summed E-state index contributed by atoms with van der Waals surface area (Å²) in [6, 6.07) is 26.5. The largest absolute Gasteiger partial charge is 0.452 e. The van der Waals surface area contributed by atoms with Crippen molar-refractivity contribution in [2.45, 2.75) is 6.04 Å². The molecule has 0 heterocycles. The molecular weight excluding hydrogens is 430 g/mol. The number of hydrogen-bond donors (Lipinski definition) is 1. The Kier molecular flexibility index (Phi) is 7.36. The number of benzene rings is 3. The van der Waals surface area contributed by atoms with Crippen molar-refractivity contribution in [1.82, 2.24) is 5.32 Å². The molecule has 0 spiro atoms. The van der Waals surface area contributed by atoms with Crippen molar-refractivity contribution < 1.29 is 14.3 Å². The lowest BCUT2D eigenvalue weighted by molar-refractivity contribution is -0.143. The van der Waals surface area contributed by atoms with Gasteiger partial charge < -0.3 is 10.1 Å². The number of hydrogen-bond acceptors (Lipinski definition) is 3. The van der Waals surface area contributed by atoms with Gasteiger partial charge in [-0.3, -0.25) is 4.79 Å². The summed E-state index contributed by atoms with van der Waals surface area (Å²) in [5.41, 5.74) is 2.76. The Morgan fingerprint density at radius 3 is 2.10 bits per heavy atom. The molecule has 3 aromatic rings. The van der Waals surface area contributed by atoms with E-state index in [0.29, 0.717) is 0 Å². The number of halogens is 1. The minimum Gasteiger partial charge on any atom is -0.452 e. The van der Waals surface area contributed by atoms with Gasteiger partial charge in [0.15, 0.2) is 6.61 Å². The molecule has 0 aliphatic heterocycles. The molecule has 1 N–H and O–H groups in total. The fourth-order valence-corrected chi connectivity index (χ4v) is 3.23. The van der Waals surface area contributed by atoms with Gasteiger partial charge in [-0.2, -0.15) is 0 Å². The first kappa shape index (κ1) is 20.6. The van der Waals surface area contributed by atoms with Crippen molar-refractivity contribution in [3.05, 3.63) is 112 Å². The molecule has 0 saturated heterocycles. The van der Waals surface area contributed by atoms with Crippen LogP contribution in [0, 0.1) is 0 Å². The minimum absolute atomic E-state index is 0.319. The fraction of sp³-hybridized carbons (Fsp3) is 0.0833. The van der Waals surface area contributed by atoms with Crippen LogP contribution in [0.2, 0.25) is 0 Å². The van der Waals surface area contributed by atoms with Gasteiger partial charge in [0.1, 0.15) is 0 Å². The number of carbonyl (C=O) groups is 2. The lowest BCUT2D eigenvalue weighted by Gasteiger charge is -2.19. The van der Waals surface area contributed by atoms with Gasteiger partial charge in [0, 0.05) is 10.5 Å². The normalized spacial score (nSPS) is 10.8. The predicted octanol–water partition coefficient (Wildman–Crippen LogP) is 4.91. The summed E-state index contributed by atoms with van der Waals surface area (Å²) in [4.78, 5) is 24.3. The number of ether oxygens (including phenoxy) is 1. The monoisotopic (exact) mass is 449 g/mol. The van der Waals surface area contributed by atoms with E-state index in [4.69, 9.17) is 4.74 Å². The molecule has 0 unspecified atom stereocenters. The van der Waals surface area contributed by atoms with E-state index in [1.807, 2.05) is 84.9 Å². The van der Waals surface area contributed by atoms with E-state index >= 15 is 0 Å². The molecule has 146 valence electrons. The lowest BCUT2D eigenvalue weighted by atomic mass is 9.99. The van der Waals surface area contributed by atoms with Crippen LogP contribution in [0.1, 0.15) is 22.7 Å². The van der Waals surface area contributed by atoms with E-state index in [-0.39, 0.29) is 18.6 Å². The zero-order valence-corrected chi connectivity index (χ0v) is 17.2. The summed E-state index contributed by atoms with van der Waals surface area (Å²) >= 11 is 3.38. The summed E-state index contributed by atoms with van der Waals surface area (Å²) in [7, 11) is 0. The average molecular weight is 450 g/mol. The molecule has 0 atom stereocenters. The lowest BCUT2D eigenvalue weighted by Crippen LogP contribution is -2.32. The maximum atomic E-state index is 12.4. The summed E-state index contributed by atoms with van der Waals surface area (Å²) in [6.07, 6.45) is 2.95. The van der Waals surface area contributed by atoms with Crippen molar-refractivity contribution in [1.29, 1.82) is 0 Å². The second-order valence-corrected chi connectivity index (χ2v) is 7.23. The van der Waals surface area contributed by atoms with Gasteiger partial charge in [0.05, 0.1) is 6.04 Å². The van der Waals surface area contributed by atoms with Crippen molar-refractivity contribution in [2.24, 2.45) is 0 Å². The van der Waals surface area contributed by atoms with Gasteiger partial charge in [-0.25, -0.2) is 4.79 Å². The number of nitrogens with one attached hydrogen (secondary N) is 1. The van der Waals surface area contributed by atoms with Crippen LogP contribution in [0.4, 0.5) is 0 Å². The van der Waals surface area contributed by atoms with Crippen LogP contribution in [0.3, 0.4) is 0 Å². The number of carbonyl (C=O) groups excluding carboxylic acids is 2. The Bertz CT molecular complexity index is 948. The van der Waals surface area contributed by atoms with Crippen LogP contribution >= 0.6 is 15.9 Å². The highest BCUT2D eigenvalue weighted by Gasteiger charge is 2.17. The van der Waals surface area contributed by atoms with E-state index in [9.17, 15) is 9.59 Å². The van der Waals surface area contributed by atoms with Gasteiger partial charge in [-0.05, 0) is 34.9 Å². The molecule has 0 fully saturated rings. The van der Waals surface area contributed by atoms with Crippen molar-refractivity contribution in [2.75, 3.05) is 6.61 Å². The Morgan fingerprint density at radius 1 is 0.897 bits per heavy atom. The maximum Gasteiger partial charge on any atom is 0.331 e. The Morgan fingerprint density at radius 2 is 1.52 bits per heavy atom. The highest BCUT2D eigenvalue weighted by Crippen LogP contribution is 2.21. The van der Waals surface area contributed by atoms with Crippen LogP contribution in [0.25, 0.3) is 6.08 Å². The smallest absolute Gasteiger partial charge is 0.331 e. The molecule has 1 amide bonds.